The van der Waals surface area contributed by atoms with Crippen LogP contribution in [0, 0.1) is 0 Å². The summed E-state index contributed by atoms with van der Waals surface area (Å²) >= 11 is 1.88. The van der Waals surface area contributed by atoms with Gasteiger partial charge in [0.15, 0.2) is 0 Å². The number of rotatable bonds is 7. The number of benzene rings is 7. The third-order valence-electron chi connectivity index (χ3n) is 9.38. The lowest BCUT2D eigenvalue weighted by atomic mass is 10.0. The summed E-state index contributed by atoms with van der Waals surface area (Å²) in [6.45, 7) is 4.20. The van der Waals surface area contributed by atoms with E-state index in [-0.39, 0.29) is 0 Å². The lowest BCUT2D eigenvalue weighted by Gasteiger charge is -2.26. The third kappa shape index (κ3) is 4.79. The van der Waals surface area contributed by atoms with Gasteiger partial charge in [-0.1, -0.05) is 110 Å². The van der Waals surface area contributed by atoms with Gasteiger partial charge in [-0.15, -0.1) is 11.3 Å². The minimum Gasteiger partial charge on any atom is -0.310 e. The number of hydrogen-bond donors (Lipinski definition) is 0. The second-order valence-electron chi connectivity index (χ2n) is 12.2. The first kappa shape index (κ1) is 28.3. The molecule has 0 unspecified atom stereocenters. The van der Waals surface area contributed by atoms with Crippen molar-refractivity contribution in [3.05, 3.63) is 186 Å². The van der Waals surface area contributed by atoms with E-state index < -0.39 is 0 Å². The van der Waals surface area contributed by atoms with Crippen molar-refractivity contribution in [3.63, 3.8) is 0 Å². The molecule has 9 aromatic rings. The van der Waals surface area contributed by atoms with E-state index in [0.29, 0.717) is 0 Å². The summed E-state index contributed by atoms with van der Waals surface area (Å²) in [7, 11) is 0. The molecule has 0 amide bonds. The molecule has 2 aromatic heterocycles. The Kier molecular flexibility index (Phi) is 6.92. The topological polar surface area (TPSA) is 8.17 Å². The Morgan fingerprint density at radius 1 is 0.542 bits per heavy atom. The fourth-order valence-electron chi connectivity index (χ4n) is 7.13. The molecule has 0 saturated carbocycles. The largest absolute Gasteiger partial charge is 0.310 e. The first-order valence-corrected chi connectivity index (χ1v) is 17.2. The molecule has 2 heterocycles. The average molecular weight is 633 g/mol. The highest BCUT2D eigenvalue weighted by Gasteiger charge is 2.18. The Hall–Kier alpha value is -5.90. The lowest BCUT2D eigenvalue weighted by Crippen LogP contribution is -2.10. The maximum Gasteiger partial charge on any atom is 0.0561 e. The third-order valence-corrected chi connectivity index (χ3v) is 10.5. The number of fused-ring (bicyclic) bond motifs is 5. The molecule has 0 atom stereocenters. The normalized spacial score (nSPS) is 11.5. The number of aromatic nitrogens is 1. The number of para-hydroxylation sites is 3. The maximum absolute atomic E-state index is 4.20. The van der Waals surface area contributed by atoms with Crippen LogP contribution in [0.25, 0.3) is 54.4 Å². The van der Waals surface area contributed by atoms with Crippen LogP contribution in [0.15, 0.2) is 170 Å². The Labute approximate surface area is 284 Å². The highest BCUT2D eigenvalue weighted by atomic mass is 32.1. The molecular formula is C45H32N2S. The summed E-state index contributed by atoms with van der Waals surface area (Å²) in [6, 6.07) is 59.2. The molecule has 48 heavy (non-hydrogen) atoms. The molecule has 0 bridgehead atoms. The van der Waals surface area contributed by atoms with Crippen LogP contribution in [0.3, 0.4) is 0 Å². The summed E-state index contributed by atoms with van der Waals surface area (Å²) < 4.78 is 3.69. The first-order valence-electron chi connectivity index (χ1n) is 16.3. The number of nitrogens with zero attached hydrogens (tertiary/aromatic N) is 2. The van der Waals surface area contributed by atoms with Gasteiger partial charge in [0.05, 0.1) is 11.0 Å². The molecule has 0 radical (unpaired) electrons. The monoisotopic (exact) mass is 632 g/mol. The summed E-state index contributed by atoms with van der Waals surface area (Å²) in [5, 5.41) is 6.34. The predicted octanol–water partition coefficient (Wildman–Crippen LogP) is 12.9. The van der Waals surface area contributed by atoms with Crippen molar-refractivity contribution in [2.45, 2.75) is 6.42 Å². The zero-order chi connectivity index (χ0) is 32.0. The fourth-order valence-corrected chi connectivity index (χ4v) is 8.41. The summed E-state index contributed by atoms with van der Waals surface area (Å²) in [4.78, 5) is 3.71. The van der Waals surface area contributed by atoms with Gasteiger partial charge in [0.2, 0.25) is 0 Å². The van der Waals surface area contributed by atoms with E-state index in [0.717, 1.165) is 29.2 Å². The van der Waals surface area contributed by atoms with Crippen LogP contribution in [0.2, 0.25) is 0 Å². The van der Waals surface area contributed by atoms with Crippen molar-refractivity contribution < 1.29 is 0 Å². The second-order valence-corrected chi connectivity index (χ2v) is 13.4. The zero-order valence-corrected chi connectivity index (χ0v) is 27.2. The molecule has 0 aliphatic carbocycles. The average Bonchev–Trinajstić information content (AvgIpc) is 3.66. The van der Waals surface area contributed by atoms with Gasteiger partial charge in [-0.05, 0) is 88.6 Å². The SMILES string of the molecule is C=Cc1c(Cc2ccc(N(c3ccccc3)c3ccc4c5ccccc5n(-c5ccccc5)c4c3)cc2)sc2cc3ccccc3cc12. The fraction of sp³-hybridized carbons (Fsp3) is 0.0222. The molecule has 0 N–H and O–H groups in total. The highest BCUT2D eigenvalue weighted by molar-refractivity contribution is 7.19. The maximum atomic E-state index is 4.20. The van der Waals surface area contributed by atoms with E-state index in [1.165, 1.54) is 58.7 Å². The lowest BCUT2D eigenvalue weighted by molar-refractivity contribution is 1.18. The highest BCUT2D eigenvalue weighted by Crippen LogP contribution is 2.40. The van der Waals surface area contributed by atoms with Gasteiger partial charge >= 0.3 is 0 Å². The van der Waals surface area contributed by atoms with Gasteiger partial charge in [-0.2, -0.15) is 0 Å². The second kappa shape index (κ2) is 11.7. The van der Waals surface area contributed by atoms with E-state index >= 15 is 0 Å². The van der Waals surface area contributed by atoms with Gasteiger partial charge in [0.25, 0.3) is 0 Å². The van der Waals surface area contributed by atoms with Gasteiger partial charge in [-0.3, -0.25) is 0 Å². The smallest absolute Gasteiger partial charge is 0.0561 e. The Morgan fingerprint density at radius 2 is 1.17 bits per heavy atom. The quantitative estimate of drug-likeness (QED) is 0.170. The molecule has 0 saturated heterocycles. The van der Waals surface area contributed by atoms with Crippen molar-refractivity contribution in [2.24, 2.45) is 0 Å². The molecule has 2 nitrogen and oxygen atoms in total. The first-order chi connectivity index (χ1) is 23.7. The van der Waals surface area contributed by atoms with Gasteiger partial charge < -0.3 is 9.47 Å². The Balaban J connectivity index is 1.13. The van der Waals surface area contributed by atoms with Gasteiger partial charge in [0, 0.05) is 54.9 Å². The summed E-state index contributed by atoms with van der Waals surface area (Å²) in [5.41, 5.74) is 9.45. The predicted molar refractivity (Wildman–Crippen MR) is 208 cm³/mol. The number of hydrogen-bond acceptors (Lipinski definition) is 2. The van der Waals surface area contributed by atoms with Crippen LogP contribution in [-0.2, 0) is 6.42 Å². The van der Waals surface area contributed by atoms with Gasteiger partial charge in [-0.25, -0.2) is 0 Å². The van der Waals surface area contributed by atoms with Crippen molar-refractivity contribution in [1.82, 2.24) is 4.57 Å². The molecule has 0 spiro atoms. The number of anilines is 3. The minimum absolute atomic E-state index is 0.867. The van der Waals surface area contributed by atoms with Crippen LogP contribution in [0.1, 0.15) is 16.0 Å². The molecule has 0 aliphatic rings. The van der Waals surface area contributed by atoms with Crippen LogP contribution in [0.5, 0.6) is 0 Å². The molecule has 9 rings (SSSR count). The van der Waals surface area contributed by atoms with E-state index in [9.17, 15) is 0 Å². The summed E-state index contributed by atoms with van der Waals surface area (Å²) in [6.07, 6.45) is 2.89. The van der Waals surface area contributed by atoms with Crippen LogP contribution < -0.4 is 4.90 Å². The van der Waals surface area contributed by atoms with Crippen molar-refractivity contribution in [3.8, 4) is 5.69 Å². The Morgan fingerprint density at radius 3 is 1.94 bits per heavy atom. The molecular weight excluding hydrogens is 601 g/mol. The molecule has 0 aliphatic heterocycles. The van der Waals surface area contributed by atoms with Crippen LogP contribution in [-0.4, -0.2) is 4.57 Å². The van der Waals surface area contributed by atoms with E-state index in [2.05, 4.69) is 180 Å². The van der Waals surface area contributed by atoms with Crippen molar-refractivity contribution in [2.75, 3.05) is 4.90 Å². The molecule has 228 valence electrons. The molecule has 7 aromatic carbocycles. The van der Waals surface area contributed by atoms with E-state index in [1.54, 1.807) is 0 Å². The van der Waals surface area contributed by atoms with Crippen LogP contribution in [0.4, 0.5) is 17.1 Å². The zero-order valence-electron chi connectivity index (χ0n) is 26.4. The number of thiophene rings is 1. The minimum atomic E-state index is 0.867. The standard InChI is InChI=1S/C45H32N2S/c1-2-38-41-28-32-13-9-10-14-33(32)29-45(41)48-44(38)27-31-21-23-36(24-22-31)46(34-15-5-3-6-16-34)37-25-26-40-39-19-11-12-20-42(39)47(43(40)30-37)35-17-7-4-8-18-35/h2-26,28-30H,1,27H2. The summed E-state index contributed by atoms with van der Waals surface area (Å²) in [5.74, 6) is 0. The Bertz CT molecular complexity index is 2590. The van der Waals surface area contributed by atoms with Crippen molar-refractivity contribution in [1.29, 1.82) is 0 Å². The van der Waals surface area contributed by atoms with Crippen molar-refractivity contribution >= 4 is 77.1 Å². The van der Waals surface area contributed by atoms with E-state index in [1.807, 2.05) is 17.4 Å². The van der Waals surface area contributed by atoms with Gasteiger partial charge in [0.1, 0.15) is 0 Å². The molecule has 0 fully saturated rings. The molecule has 3 heteroatoms. The van der Waals surface area contributed by atoms with Crippen LogP contribution >= 0.6 is 11.3 Å². The van der Waals surface area contributed by atoms with E-state index in [4.69, 9.17) is 0 Å².